The summed E-state index contributed by atoms with van der Waals surface area (Å²) < 4.78 is 16.2. The molecule has 0 fully saturated rings. The normalized spacial score (nSPS) is 11.5. The van der Waals surface area contributed by atoms with Crippen molar-refractivity contribution in [3.63, 3.8) is 0 Å². The summed E-state index contributed by atoms with van der Waals surface area (Å²) in [6, 6.07) is 13.9. The Bertz CT molecular complexity index is 1130. The van der Waals surface area contributed by atoms with Gasteiger partial charge in [-0.25, -0.2) is 14.2 Å². The van der Waals surface area contributed by atoms with Gasteiger partial charge in [0.05, 0.1) is 12.1 Å². The molecule has 26 heavy (non-hydrogen) atoms. The van der Waals surface area contributed by atoms with Gasteiger partial charge >= 0.3 is 5.69 Å². The smallest absolute Gasteiger partial charge is 0.287 e. The predicted molar refractivity (Wildman–Crippen MR) is 98.9 cm³/mol. The van der Waals surface area contributed by atoms with Crippen LogP contribution in [0.5, 0.6) is 0 Å². The van der Waals surface area contributed by atoms with Gasteiger partial charge in [-0.15, -0.1) is 5.10 Å². The maximum atomic E-state index is 13.2. The lowest BCUT2D eigenvalue weighted by molar-refractivity contribution is 0.625. The molecule has 4 aromatic rings. The molecule has 0 aliphatic carbocycles. The number of fused-ring (bicyclic) bond motifs is 3. The lowest BCUT2D eigenvalue weighted by Crippen LogP contribution is -2.28. The number of unbranched alkanes of at least 4 members (excludes halogenated alkanes) is 1. The van der Waals surface area contributed by atoms with E-state index in [1.165, 1.54) is 16.6 Å². The number of hydrogen-bond donors (Lipinski definition) is 0. The van der Waals surface area contributed by atoms with E-state index in [-0.39, 0.29) is 11.5 Å². The van der Waals surface area contributed by atoms with E-state index in [1.807, 2.05) is 24.3 Å². The average molecular weight is 350 g/mol. The Morgan fingerprint density at radius 1 is 1.08 bits per heavy atom. The molecule has 0 N–H and O–H groups in total. The molecule has 2 heterocycles. The average Bonchev–Trinajstić information content (AvgIpc) is 3.09. The lowest BCUT2D eigenvalue weighted by atomic mass is 10.2. The van der Waals surface area contributed by atoms with Crippen LogP contribution in [0.1, 0.15) is 31.2 Å². The number of halogens is 1. The van der Waals surface area contributed by atoms with Crippen LogP contribution in [0.2, 0.25) is 0 Å². The molecule has 0 bridgehead atoms. The second-order valence-electron chi connectivity index (χ2n) is 6.38. The minimum Gasteiger partial charge on any atom is -0.287 e. The molecule has 0 saturated carbocycles. The molecule has 0 aliphatic heterocycles. The first-order valence-electron chi connectivity index (χ1n) is 8.79. The predicted octanol–water partition coefficient (Wildman–Crippen LogP) is 3.57. The lowest BCUT2D eigenvalue weighted by Gasteiger charge is -2.11. The third-order valence-electron chi connectivity index (χ3n) is 4.51. The molecule has 0 atom stereocenters. The first-order chi connectivity index (χ1) is 12.7. The monoisotopic (exact) mass is 350 g/mol. The Balaban J connectivity index is 1.91. The van der Waals surface area contributed by atoms with Gasteiger partial charge in [-0.05, 0) is 36.2 Å². The van der Waals surface area contributed by atoms with E-state index in [2.05, 4.69) is 17.0 Å². The summed E-state index contributed by atoms with van der Waals surface area (Å²) in [6.07, 6.45) is 2.79. The second-order valence-corrected chi connectivity index (χ2v) is 6.38. The number of rotatable bonds is 5. The van der Waals surface area contributed by atoms with E-state index < -0.39 is 0 Å². The van der Waals surface area contributed by atoms with Crippen molar-refractivity contribution in [3.8, 4) is 0 Å². The fourth-order valence-corrected chi connectivity index (χ4v) is 3.14. The SMILES string of the molecule is CCCCc1nc2c3ccccc3n(Cc3ccc(F)cc3)c(=O)n2n1. The van der Waals surface area contributed by atoms with E-state index >= 15 is 0 Å². The van der Waals surface area contributed by atoms with Crippen molar-refractivity contribution in [1.82, 2.24) is 19.2 Å². The molecule has 0 amide bonds. The Morgan fingerprint density at radius 3 is 2.62 bits per heavy atom. The minimum absolute atomic E-state index is 0.238. The summed E-state index contributed by atoms with van der Waals surface area (Å²) in [7, 11) is 0. The number of para-hydroxylation sites is 1. The highest BCUT2D eigenvalue weighted by Gasteiger charge is 2.14. The molecule has 0 saturated heterocycles. The van der Waals surface area contributed by atoms with Crippen LogP contribution in [0.3, 0.4) is 0 Å². The molecule has 0 radical (unpaired) electrons. The molecule has 2 aromatic heterocycles. The number of aromatic nitrogens is 4. The van der Waals surface area contributed by atoms with Crippen LogP contribution >= 0.6 is 0 Å². The molecular weight excluding hydrogens is 331 g/mol. The maximum absolute atomic E-state index is 13.2. The zero-order valence-corrected chi connectivity index (χ0v) is 14.5. The van der Waals surface area contributed by atoms with E-state index in [4.69, 9.17) is 0 Å². The Morgan fingerprint density at radius 2 is 1.85 bits per heavy atom. The standard InChI is InChI=1S/C20H19FN4O/c1-2-3-8-18-22-19-16-6-4-5-7-17(16)24(20(26)25(19)23-18)13-14-9-11-15(21)12-10-14/h4-7,9-12H,2-3,8,13H2,1H3. The maximum Gasteiger partial charge on any atom is 0.351 e. The van der Waals surface area contributed by atoms with Crippen molar-refractivity contribution < 1.29 is 4.39 Å². The van der Waals surface area contributed by atoms with Crippen LogP contribution in [-0.4, -0.2) is 19.2 Å². The van der Waals surface area contributed by atoms with Gasteiger partial charge in [0.15, 0.2) is 11.5 Å². The summed E-state index contributed by atoms with van der Waals surface area (Å²) in [5.41, 5.74) is 2.00. The van der Waals surface area contributed by atoms with Crippen molar-refractivity contribution in [2.75, 3.05) is 0 Å². The van der Waals surface area contributed by atoms with Gasteiger partial charge in [-0.3, -0.25) is 4.57 Å². The summed E-state index contributed by atoms with van der Waals surface area (Å²) in [4.78, 5) is 17.6. The Hall–Kier alpha value is -3.02. The fraction of sp³-hybridized carbons (Fsp3) is 0.250. The highest BCUT2D eigenvalue weighted by molar-refractivity contribution is 5.91. The van der Waals surface area contributed by atoms with Gasteiger partial charge < -0.3 is 0 Å². The molecule has 5 nitrogen and oxygen atoms in total. The molecule has 132 valence electrons. The van der Waals surface area contributed by atoms with Gasteiger partial charge in [-0.2, -0.15) is 4.52 Å². The Kier molecular flexibility index (Phi) is 4.24. The largest absolute Gasteiger partial charge is 0.351 e. The molecule has 0 spiro atoms. The van der Waals surface area contributed by atoms with Crippen LogP contribution < -0.4 is 5.69 Å². The Labute approximate surface area is 149 Å². The van der Waals surface area contributed by atoms with Gasteiger partial charge in [0, 0.05) is 11.8 Å². The fourth-order valence-electron chi connectivity index (χ4n) is 3.14. The van der Waals surface area contributed by atoms with E-state index in [0.717, 1.165) is 35.7 Å². The van der Waals surface area contributed by atoms with Crippen LogP contribution in [-0.2, 0) is 13.0 Å². The van der Waals surface area contributed by atoms with Crippen molar-refractivity contribution >= 4 is 16.6 Å². The third-order valence-corrected chi connectivity index (χ3v) is 4.51. The molecule has 0 aliphatic rings. The quantitative estimate of drug-likeness (QED) is 0.553. The summed E-state index contributed by atoms with van der Waals surface area (Å²) in [6.45, 7) is 2.46. The van der Waals surface area contributed by atoms with Crippen molar-refractivity contribution in [2.24, 2.45) is 0 Å². The molecule has 2 aromatic carbocycles. The van der Waals surface area contributed by atoms with E-state index in [9.17, 15) is 9.18 Å². The highest BCUT2D eigenvalue weighted by atomic mass is 19.1. The zero-order chi connectivity index (χ0) is 18.1. The highest BCUT2D eigenvalue weighted by Crippen LogP contribution is 2.18. The number of benzene rings is 2. The minimum atomic E-state index is -0.293. The molecular formula is C20H19FN4O. The first-order valence-corrected chi connectivity index (χ1v) is 8.79. The van der Waals surface area contributed by atoms with Crippen LogP contribution in [0, 0.1) is 5.82 Å². The van der Waals surface area contributed by atoms with Crippen molar-refractivity contribution in [2.45, 2.75) is 32.7 Å². The van der Waals surface area contributed by atoms with Crippen LogP contribution in [0.15, 0.2) is 53.3 Å². The van der Waals surface area contributed by atoms with Crippen molar-refractivity contribution in [3.05, 3.63) is 76.2 Å². The summed E-state index contributed by atoms with van der Waals surface area (Å²) in [5, 5.41) is 5.31. The number of hydrogen-bond acceptors (Lipinski definition) is 3. The van der Waals surface area contributed by atoms with Crippen LogP contribution in [0.25, 0.3) is 16.6 Å². The summed E-state index contributed by atoms with van der Waals surface area (Å²) in [5.74, 6) is 0.395. The van der Waals surface area contributed by atoms with E-state index in [1.54, 1.807) is 16.7 Å². The summed E-state index contributed by atoms with van der Waals surface area (Å²) >= 11 is 0. The van der Waals surface area contributed by atoms with Crippen molar-refractivity contribution in [1.29, 1.82) is 0 Å². The molecule has 0 unspecified atom stereocenters. The first kappa shape index (κ1) is 16.4. The molecule has 4 rings (SSSR count). The number of aryl methyl sites for hydroxylation is 1. The molecule has 6 heteroatoms. The zero-order valence-electron chi connectivity index (χ0n) is 14.5. The van der Waals surface area contributed by atoms with Gasteiger partial charge in [0.25, 0.3) is 0 Å². The van der Waals surface area contributed by atoms with E-state index in [0.29, 0.717) is 18.0 Å². The topological polar surface area (TPSA) is 52.2 Å². The number of nitrogens with zero attached hydrogens (tertiary/aromatic N) is 4. The van der Waals surface area contributed by atoms with Gasteiger partial charge in [0.1, 0.15) is 5.82 Å². The van der Waals surface area contributed by atoms with Gasteiger partial charge in [-0.1, -0.05) is 37.6 Å². The van der Waals surface area contributed by atoms with Crippen LogP contribution in [0.4, 0.5) is 4.39 Å². The second kappa shape index (κ2) is 6.71. The van der Waals surface area contributed by atoms with Gasteiger partial charge in [0.2, 0.25) is 0 Å². The third kappa shape index (κ3) is 2.87.